The second-order valence-electron chi connectivity index (χ2n) is 2.78. The fourth-order valence-electron chi connectivity index (χ4n) is 1.34. The molecule has 2 aromatic rings. The van der Waals surface area contributed by atoms with E-state index in [-0.39, 0.29) is 0 Å². The Morgan fingerprint density at radius 1 is 1.15 bits per heavy atom. The Hall–Kier alpha value is -1.06. The Kier molecular flexibility index (Phi) is 2.20. The molecule has 2 nitrogen and oxygen atoms in total. The molecule has 0 atom stereocenters. The molecule has 0 radical (unpaired) electrons. The fraction of sp³-hybridized carbons (Fsp3) is 0. The van der Waals surface area contributed by atoms with Gasteiger partial charge in [-0.2, -0.15) is 0 Å². The highest BCUT2D eigenvalue weighted by Gasteiger charge is 1.99. The first kappa shape index (κ1) is 8.53. The van der Waals surface area contributed by atoms with Crippen molar-refractivity contribution in [1.29, 1.82) is 0 Å². The van der Waals surface area contributed by atoms with Crippen molar-refractivity contribution in [3.8, 4) is 0 Å². The number of hydrogen-bond acceptors (Lipinski definition) is 2. The van der Waals surface area contributed by atoms with E-state index in [1.54, 1.807) is 0 Å². The average molecular weight is 238 g/mol. The molecule has 2 rings (SSSR count). The summed E-state index contributed by atoms with van der Waals surface area (Å²) in [7, 11) is 0. The number of rotatable bonds is 1. The molecule has 0 unspecified atom stereocenters. The third-order valence-corrected chi connectivity index (χ3v) is 2.46. The van der Waals surface area contributed by atoms with E-state index < -0.39 is 0 Å². The van der Waals surface area contributed by atoms with E-state index in [9.17, 15) is 0 Å². The molecular formula is C10H8BrNO. The summed E-state index contributed by atoms with van der Waals surface area (Å²) in [5.41, 5.74) is 2.90. The summed E-state index contributed by atoms with van der Waals surface area (Å²) in [4.78, 5) is 0. The van der Waals surface area contributed by atoms with Crippen molar-refractivity contribution in [2.45, 2.75) is 0 Å². The van der Waals surface area contributed by atoms with E-state index in [4.69, 9.17) is 5.21 Å². The Morgan fingerprint density at radius 2 is 2.00 bits per heavy atom. The first-order valence-electron chi connectivity index (χ1n) is 3.89. The van der Waals surface area contributed by atoms with E-state index in [0.29, 0.717) is 0 Å². The second kappa shape index (κ2) is 3.36. The summed E-state index contributed by atoms with van der Waals surface area (Å²) in [5.74, 6) is 0. The highest BCUT2D eigenvalue weighted by molar-refractivity contribution is 9.10. The monoisotopic (exact) mass is 237 g/mol. The Balaban J connectivity index is 2.79. The van der Waals surface area contributed by atoms with Gasteiger partial charge in [-0.05, 0) is 23.6 Å². The molecule has 0 saturated carbocycles. The average Bonchev–Trinajstić information content (AvgIpc) is 2.17. The molecular weight excluding hydrogens is 230 g/mol. The molecule has 2 N–H and O–H groups in total. The van der Waals surface area contributed by atoms with Crippen LogP contribution in [0.1, 0.15) is 0 Å². The molecule has 0 aliphatic rings. The predicted molar refractivity (Wildman–Crippen MR) is 57.1 cm³/mol. The second-order valence-corrected chi connectivity index (χ2v) is 3.70. The molecule has 0 aromatic heterocycles. The topological polar surface area (TPSA) is 32.3 Å². The molecule has 0 heterocycles. The summed E-state index contributed by atoms with van der Waals surface area (Å²) in [5, 5.41) is 11.0. The Morgan fingerprint density at radius 3 is 2.77 bits per heavy atom. The van der Waals surface area contributed by atoms with Crippen molar-refractivity contribution in [2.24, 2.45) is 0 Å². The minimum atomic E-state index is 0.721. The smallest absolute Gasteiger partial charge is 0.0680 e. The van der Waals surface area contributed by atoms with Gasteiger partial charge in [-0.3, -0.25) is 10.7 Å². The van der Waals surface area contributed by atoms with Gasteiger partial charge < -0.3 is 0 Å². The molecule has 66 valence electrons. The van der Waals surface area contributed by atoms with E-state index in [1.165, 1.54) is 0 Å². The lowest BCUT2D eigenvalue weighted by Crippen LogP contribution is -1.89. The van der Waals surface area contributed by atoms with Gasteiger partial charge in [-0.25, -0.2) is 0 Å². The van der Waals surface area contributed by atoms with Crippen LogP contribution in [-0.2, 0) is 0 Å². The summed E-state index contributed by atoms with van der Waals surface area (Å²) in [6, 6.07) is 11.7. The zero-order valence-electron chi connectivity index (χ0n) is 6.79. The maximum atomic E-state index is 8.86. The van der Waals surface area contributed by atoms with Crippen LogP contribution in [-0.4, -0.2) is 5.21 Å². The van der Waals surface area contributed by atoms with E-state index in [0.717, 1.165) is 20.9 Å². The van der Waals surface area contributed by atoms with Gasteiger partial charge in [-0.15, -0.1) is 0 Å². The third-order valence-electron chi connectivity index (χ3n) is 1.96. The molecule has 0 aliphatic heterocycles. The van der Waals surface area contributed by atoms with Gasteiger partial charge in [-0.1, -0.05) is 34.1 Å². The normalized spacial score (nSPS) is 10.3. The van der Waals surface area contributed by atoms with Crippen molar-refractivity contribution in [2.75, 3.05) is 5.48 Å². The van der Waals surface area contributed by atoms with Crippen molar-refractivity contribution in [3.05, 3.63) is 40.9 Å². The van der Waals surface area contributed by atoms with Gasteiger partial charge >= 0.3 is 0 Å². The van der Waals surface area contributed by atoms with Crippen LogP contribution in [0.4, 0.5) is 5.69 Å². The quantitative estimate of drug-likeness (QED) is 0.746. The van der Waals surface area contributed by atoms with Crippen molar-refractivity contribution >= 4 is 32.4 Å². The van der Waals surface area contributed by atoms with Gasteiger partial charge in [0.1, 0.15) is 0 Å². The molecule has 13 heavy (non-hydrogen) atoms. The van der Waals surface area contributed by atoms with Crippen LogP contribution < -0.4 is 5.48 Å². The van der Waals surface area contributed by atoms with Crippen LogP contribution in [0.25, 0.3) is 10.8 Å². The summed E-state index contributed by atoms with van der Waals surface area (Å²) >= 11 is 3.39. The zero-order chi connectivity index (χ0) is 9.26. The molecule has 0 amide bonds. The lowest BCUT2D eigenvalue weighted by molar-refractivity contribution is 0.390. The first-order chi connectivity index (χ1) is 6.31. The number of hydrogen-bond donors (Lipinski definition) is 2. The van der Waals surface area contributed by atoms with E-state index in [1.807, 2.05) is 36.4 Å². The molecule has 0 spiro atoms. The molecule has 0 bridgehead atoms. The number of halogens is 1. The largest absolute Gasteiger partial charge is 0.291 e. The van der Waals surface area contributed by atoms with Crippen LogP contribution in [0.5, 0.6) is 0 Å². The molecule has 0 saturated heterocycles. The lowest BCUT2D eigenvalue weighted by atomic mass is 10.1. The zero-order valence-corrected chi connectivity index (χ0v) is 8.38. The lowest BCUT2D eigenvalue weighted by Gasteiger charge is -2.04. The van der Waals surface area contributed by atoms with Gasteiger partial charge in [0.15, 0.2) is 0 Å². The SMILES string of the molecule is ONc1cccc2ccc(Br)cc12. The van der Waals surface area contributed by atoms with Gasteiger partial charge in [0.05, 0.1) is 5.69 Å². The summed E-state index contributed by atoms with van der Waals surface area (Å²) in [6.45, 7) is 0. The van der Waals surface area contributed by atoms with Crippen LogP contribution >= 0.6 is 15.9 Å². The van der Waals surface area contributed by atoms with Crippen LogP contribution in [0.2, 0.25) is 0 Å². The fourth-order valence-corrected chi connectivity index (χ4v) is 1.70. The van der Waals surface area contributed by atoms with Crippen LogP contribution in [0, 0.1) is 0 Å². The molecule has 0 fully saturated rings. The third kappa shape index (κ3) is 1.53. The molecule has 0 aliphatic carbocycles. The van der Waals surface area contributed by atoms with Crippen molar-refractivity contribution in [3.63, 3.8) is 0 Å². The first-order valence-corrected chi connectivity index (χ1v) is 4.69. The van der Waals surface area contributed by atoms with Crippen molar-refractivity contribution in [1.82, 2.24) is 0 Å². The van der Waals surface area contributed by atoms with Crippen molar-refractivity contribution < 1.29 is 5.21 Å². The maximum absolute atomic E-state index is 8.86. The van der Waals surface area contributed by atoms with Crippen LogP contribution in [0.15, 0.2) is 40.9 Å². The highest BCUT2D eigenvalue weighted by Crippen LogP contribution is 2.25. The van der Waals surface area contributed by atoms with E-state index >= 15 is 0 Å². The number of nitrogens with one attached hydrogen (secondary N) is 1. The predicted octanol–water partition coefficient (Wildman–Crippen LogP) is 3.40. The maximum Gasteiger partial charge on any atom is 0.0680 e. The highest BCUT2D eigenvalue weighted by atomic mass is 79.9. The molecule has 2 aromatic carbocycles. The standard InChI is InChI=1S/C10H8BrNO/c11-8-5-4-7-2-1-3-10(12-13)9(7)6-8/h1-6,12-13H. The molecule has 3 heteroatoms. The van der Waals surface area contributed by atoms with E-state index in [2.05, 4.69) is 21.4 Å². The number of fused-ring (bicyclic) bond motifs is 1. The summed E-state index contributed by atoms with van der Waals surface area (Å²) in [6.07, 6.45) is 0. The van der Waals surface area contributed by atoms with Crippen LogP contribution in [0.3, 0.4) is 0 Å². The Labute approximate surface area is 84.3 Å². The summed E-state index contributed by atoms with van der Waals surface area (Å²) < 4.78 is 1.00. The van der Waals surface area contributed by atoms with Gasteiger partial charge in [0.2, 0.25) is 0 Å². The van der Waals surface area contributed by atoms with Gasteiger partial charge in [0.25, 0.3) is 0 Å². The number of anilines is 1. The minimum absolute atomic E-state index is 0.721. The minimum Gasteiger partial charge on any atom is -0.291 e. The van der Waals surface area contributed by atoms with Gasteiger partial charge in [0, 0.05) is 9.86 Å². The Bertz CT molecular complexity index is 442. The number of benzene rings is 2.